The van der Waals surface area contributed by atoms with E-state index in [1.165, 1.54) is 12.1 Å². The predicted octanol–water partition coefficient (Wildman–Crippen LogP) is 2.50. The van der Waals surface area contributed by atoms with Gasteiger partial charge in [-0.3, -0.25) is 4.79 Å². The molecule has 0 aliphatic carbocycles. The van der Waals surface area contributed by atoms with E-state index in [0.717, 1.165) is 17.5 Å². The lowest BCUT2D eigenvalue weighted by Crippen LogP contribution is -2.36. The summed E-state index contributed by atoms with van der Waals surface area (Å²) in [5.74, 6) is -0.427. The number of rotatable bonds is 7. The van der Waals surface area contributed by atoms with E-state index < -0.39 is 15.9 Å². The molecule has 2 aromatic rings. The van der Waals surface area contributed by atoms with Gasteiger partial charge in [0.25, 0.3) is 0 Å². The zero-order chi connectivity index (χ0) is 17.6. The van der Waals surface area contributed by atoms with Crippen molar-refractivity contribution in [1.29, 1.82) is 0 Å². The number of carbonyl (C=O) groups excluding carboxylic acids is 1. The third-order valence-electron chi connectivity index (χ3n) is 3.50. The molecular formula is C17H19ClN2O3S. The van der Waals surface area contributed by atoms with Gasteiger partial charge < -0.3 is 5.32 Å². The molecular weight excluding hydrogens is 348 g/mol. The molecule has 7 heteroatoms. The van der Waals surface area contributed by atoms with Crippen molar-refractivity contribution in [3.8, 4) is 0 Å². The molecule has 0 saturated heterocycles. The molecule has 0 bridgehead atoms. The quantitative estimate of drug-likeness (QED) is 0.790. The van der Waals surface area contributed by atoms with Crippen LogP contribution in [0.25, 0.3) is 0 Å². The van der Waals surface area contributed by atoms with Crippen molar-refractivity contribution in [2.45, 2.75) is 24.8 Å². The molecule has 5 nitrogen and oxygen atoms in total. The maximum absolute atomic E-state index is 12.2. The van der Waals surface area contributed by atoms with Gasteiger partial charge in [0.15, 0.2) is 0 Å². The van der Waals surface area contributed by atoms with E-state index in [0.29, 0.717) is 5.02 Å². The Kier molecular flexibility index (Phi) is 6.36. The second kappa shape index (κ2) is 8.28. The molecule has 0 radical (unpaired) electrons. The van der Waals surface area contributed by atoms with Crippen molar-refractivity contribution < 1.29 is 13.2 Å². The molecule has 0 unspecified atom stereocenters. The van der Waals surface area contributed by atoms with E-state index in [1.54, 1.807) is 30.3 Å². The number of halogens is 1. The molecule has 0 spiro atoms. The second-order valence-electron chi connectivity index (χ2n) is 5.19. The predicted molar refractivity (Wildman–Crippen MR) is 94.3 cm³/mol. The monoisotopic (exact) mass is 366 g/mol. The van der Waals surface area contributed by atoms with Crippen LogP contribution >= 0.6 is 11.6 Å². The molecule has 0 fully saturated rings. The largest absolute Gasteiger partial charge is 0.351 e. The van der Waals surface area contributed by atoms with Crippen molar-refractivity contribution >= 4 is 27.5 Å². The van der Waals surface area contributed by atoms with Crippen LogP contribution < -0.4 is 10.0 Å². The fourth-order valence-electron chi connectivity index (χ4n) is 2.05. The van der Waals surface area contributed by atoms with Crippen molar-refractivity contribution in [2.24, 2.45) is 0 Å². The Morgan fingerprint density at radius 3 is 2.38 bits per heavy atom. The van der Waals surface area contributed by atoms with Gasteiger partial charge in [-0.15, -0.1) is 0 Å². The minimum Gasteiger partial charge on any atom is -0.351 e. The molecule has 2 N–H and O–H groups in total. The van der Waals surface area contributed by atoms with E-state index in [2.05, 4.69) is 10.0 Å². The van der Waals surface area contributed by atoms with Crippen molar-refractivity contribution in [3.63, 3.8) is 0 Å². The zero-order valence-corrected chi connectivity index (χ0v) is 14.8. The first-order valence-corrected chi connectivity index (χ1v) is 9.37. The Labute approximate surface area is 147 Å². The highest BCUT2D eigenvalue weighted by Crippen LogP contribution is 2.14. The maximum Gasteiger partial charge on any atom is 0.241 e. The molecule has 24 heavy (non-hydrogen) atoms. The van der Waals surface area contributed by atoms with Crippen LogP contribution in [0.1, 0.15) is 18.1 Å². The number of amides is 1. The standard InChI is InChI=1S/C17H19ClN2O3S/c1-2-13-7-9-15(10-8-13)24(22,23)20-12-17(21)19-11-14-5-3-4-6-16(14)18/h3-10,20H,2,11-12H2,1H3,(H,19,21). The lowest BCUT2D eigenvalue weighted by atomic mass is 10.2. The molecule has 2 rings (SSSR count). The first-order valence-electron chi connectivity index (χ1n) is 7.51. The molecule has 0 aromatic heterocycles. The SMILES string of the molecule is CCc1ccc(S(=O)(=O)NCC(=O)NCc2ccccc2Cl)cc1. The normalized spacial score (nSPS) is 11.2. The summed E-state index contributed by atoms with van der Waals surface area (Å²) < 4.78 is 26.6. The van der Waals surface area contributed by atoms with E-state index >= 15 is 0 Å². The number of aryl methyl sites for hydroxylation is 1. The second-order valence-corrected chi connectivity index (χ2v) is 7.36. The fourth-order valence-corrected chi connectivity index (χ4v) is 3.23. The summed E-state index contributed by atoms with van der Waals surface area (Å²) >= 11 is 6.00. The van der Waals surface area contributed by atoms with Gasteiger partial charge in [-0.2, -0.15) is 0 Å². The van der Waals surface area contributed by atoms with E-state index in [-0.39, 0.29) is 18.0 Å². The highest BCUT2D eigenvalue weighted by atomic mass is 35.5. The first kappa shape index (κ1) is 18.4. The summed E-state index contributed by atoms with van der Waals surface area (Å²) in [6.45, 7) is 1.90. The minimum atomic E-state index is -3.71. The summed E-state index contributed by atoms with van der Waals surface area (Å²) in [6.07, 6.45) is 0.832. The number of benzene rings is 2. The van der Waals surface area contributed by atoms with Gasteiger partial charge in [-0.05, 0) is 35.7 Å². The van der Waals surface area contributed by atoms with Crippen LogP contribution in [0.2, 0.25) is 5.02 Å². The van der Waals surface area contributed by atoms with Crippen LogP contribution in [0.15, 0.2) is 53.4 Å². The van der Waals surface area contributed by atoms with Crippen molar-refractivity contribution in [2.75, 3.05) is 6.54 Å². The zero-order valence-electron chi connectivity index (χ0n) is 13.3. The average molecular weight is 367 g/mol. The Balaban J connectivity index is 1.89. The molecule has 0 aliphatic heterocycles. The van der Waals surface area contributed by atoms with Crippen LogP contribution in [-0.2, 0) is 27.8 Å². The molecule has 0 saturated carbocycles. The Morgan fingerprint density at radius 1 is 1.08 bits per heavy atom. The Morgan fingerprint density at radius 2 is 1.75 bits per heavy atom. The van der Waals surface area contributed by atoms with Gasteiger partial charge >= 0.3 is 0 Å². The number of sulfonamides is 1. The lowest BCUT2D eigenvalue weighted by molar-refractivity contribution is -0.120. The van der Waals surface area contributed by atoms with Crippen molar-refractivity contribution in [1.82, 2.24) is 10.0 Å². The molecule has 0 atom stereocenters. The van der Waals surface area contributed by atoms with Gasteiger partial charge in [0.1, 0.15) is 0 Å². The summed E-state index contributed by atoms with van der Waals surface area (Å²) in [4.78, 5) is 12.0. The third kappa shape index (κ3) is 5.06. The van der Waals surface area contributed by atoms with Crippen LogP contribution in [0.4, 0.5) is 0 Å². The van der Waals surface area contributed by atoms with E-state index in [4.69, 9.17) is 11.6 Å². The summed E-state index contributed by atoms with van der Waals surface area (Å²) in [7, 11) is -3.71. The van der Waals surface area contributed by atoms with Crippen molar-refractivity contribution in [3.05, 3.63) is 64.7 Å². The Hall–Kier alpha value is -1.89. The number of hydrogen-bond donors (Lipinski definition) is 2. The van der Waals surface area contributed by atoms with Crippen LogP contribution in [0, 0.1) is 0 Å². The average Bonchev–Trinajstić information content (AvgIpc) is 2.59. The lowest BCUT2D eigenvalue weighted by Gasteiger charge is -2.09. The van der Waals surface area contributed by atoms with Crippen LogP contribution in [0.5, 0.6) is 0 Å². The molecule has 1 amide bonds. The maximum atomic E-state index is 12.2. The Bertz CT molecular complexity index is 805. The topological polar surface area (TPSA) is 75.3 Å². The van der Waals surface area contributed by atoms with Crippen LogP contribution in [-0.4, -0.2) is 20.9 Å². The third-order valence-corrected chi connectivity index (χ3v) is 5.28. The number of carbonyl (C=O) groups is 1. The summed E-state index contributed by atoms with van der Waals surface area (Å²) in [5, 5.41) is 3.18. The molecule has 0 aliphatic rings. The summed E-state index contributed by atoms with van der Waals surface area (Å²) in [6, 6.07) is 13.7. The van der Waals surface area contributed by atoms with Gasteiger partial charge in [0, 0.05) is 11.6 Å². The molecule has 0 heterocycles. The van der Waals surface area contributed by atoms with E-state index in [1.807, 2.05) is 13.0 Å². The van der Waals surface area contributed by atoms with Gasteiger partial charge in [0.05, 0.1) is 11.4 Å². The molecule has 128 valence electrons. The van der Waals surface area contributed by atoms with Crippen LogP contribution in [0.3, 0.4) is 0 Å². The first-order chi connectivity index (χ1) is 11.4. The number of hydrogen-bond acceptors (Lipinski definition) is 3. The smallest absolute Gasteiger partial charge is 0.241 e. The van der Waals surface area contributed by atoms with Gasteiger partial charge in [-0.25, -0.2) is 13.1 Å². The molecule has 2 aromatic carbocycles. The van der Waals surface area contributed by atoms with Gasteiger partial charge in [0.2, 0.25) is 15.9 Å². The highest BCUT2D eigenvalue weighted by Gasteiger charge is 2.15. The number of nitrogens with one attached hydrogen (secondary N) is 2. The fraction of sp³-hybridized carbons (Fsp3) is 0.235. The van der Waals surface area contributed by atoms with E-state index in [9.17, 15) is 13.2 Å². The van der Waals surface area contributed by atoms with Gasteiger partial charge in [-0.1, -0.05) is 48.9 Å². The highest BCUT2D eigenvalue weighted by molar-refractivity contribution is 7.89. The summed E-state index contributed by atoms with van der Waals surface area (Å²) in [5.41, 5.74) is 1.82. The minimum absolute atomic E-state index is 0.138.